The molecule has 3 aromatic heterocycles. The first kappa shape index (κ1) is 40.9. The minimum Gasteiger partial charge on any atom is -0.375 e. The van der Waals surface area contributed by atoms with Crippen LogP contribution in [0, 0.1) is 29.4 Å². The Morgan fingerprint density at radius 3 is 2.41 bits per heavy atom. The van der Waals surface area contributed by atoms with Gasteiger partial charge in [-0.25, -0.2) is 26.6 Å². The number of carbonyl (C=O) groups is 1. The van der Waals surface area contributed by atoms with E-state index in [0.717, 1.165) is 25.3 Å². The Morgan fingerprint density at radius 2 is 1.78 bits per heavy atom. The molecule has 2 unspecified atom stereocenters. The van der Waals surface area contributed by atoms with Gasteiger partial charge in [0.1, 0.15) is 36.2 Å². The molecule has 2 aliphatic carbocycles. The summed E-state index contributed by atoms with van der Waals surface area (Å²) in [5, 5.41) is 20.6. The summed E-state index contributed by atoms with van der Waals surface area (Å²) >= 11 is 6.54. The monoisotopic (exact) mass is 855 g/mol. The van der Waals surface area contributed by atoms with Crippen LogP contribution in [0.5, 0.6) is 0 Å². The highest BCUT2D eigenvalue weighted by Gasteiger charge is 2.68. The van der Waals surface area contributed by atoms with Gasteiger partial charge in [0, 0.05) is 35.7 Å². The number of benzene rings is 2. The number of carbonyl (C=O) groups excluding carboxylic acids is 1. The number of aryl methyl sites for hydroxylation is 1. The summed E-state index contributed by atoms with van der Waals surface area (Å²) < 4.78 is 144. The number of hydrogen-bond donors (Lipinski definition) is 3. The number of hydrogen-bond acceptors (Lipinski definition) is 7. The summed E-state index contributed by atoms with van der Waals surface area (Å²) in [5.74, 6) is -4.64. The summed E-state index contributed by atoms with van der Waals surface area (Å²) in [6.07, 6.45) is -4.86. The molecule has 2 aromatic carbocycles. The molecule has 0 saturated heterocycles. The molecule has 306 valence electrons. The first-order chi connectivity index (χ1) is 27.0. The van der Waals surface area contributed by atoms with Gasteiger partial charge in [0.2, 0.25) is 15.9 Å². The minimum atomic E-state index is -5.11. The van der Waals surface area contributed by atoms with E-state index in [2.05, 4.69) is 37.1 Å². The zero-order valence-corrected chi connectivity index (χ0v) is 31.9. The largest absolute Gasteiger partial charge is 0.435 e. The molecule has 3 N–H and O–H groups in total. The van der Waals surface area contributed by atoms with Crippen molar-refractivity contribution in [3.63, 3.8) is 0 Å². The molecule has 11 nitrogen and oxygen atoms in total. The van der Waals surface area contributed by atoms with Crippen LogP contribution in [0.4, 0.5) is 40.9 Å². The van der Waals surface area contributed by atoms with E-state index in [1.54, 1.807) is 0 Å². The topological polar surface area (TPSA) is 144 Å². The van der Waals surface area contributed by atoms with Crippen molar-refractivity contribution in [2.75, 3.05) is 17.7 Å². The van der Waals surface area contributed by atoms with Gasteiger partial charge in [-0.3, -0.25) is 18.9 Å². The molecule has 3 heterocycles. The molecule has 1 fully saturated rings. The van der Waals surface area contributed by atoms with Crippen molar-refractivity contribution in [1.82, 2.24) is 29.9 Å². The van der Waals surface area contributed by atoms with Gasteiger partial charge in [0.05, 0.1) is 33.9 Å². The van der Waals surface area contributed by atoms with E-state index in [0.29, 0.717) is 10.7 Å². The van der Waals surface area contributed by atoms with E-state index in [1.807, 2.05) is 0 Å². The van der Waals surface area contributed by atoms with E-state index in [4.69, 9.17) is 11.6 Å². The van der Waals surface area contributed by atoms with Gasteiger partial charge in [-0.1, -0.05) is 23.6 Å². The molecule has 7 rings (SSSR count). The Labute approximate surface area is 329 Å². The molecular formula is C37H30ClF8N7O4S. The molecule has 2 aliphatic rings. The van der Waals surface area contributed by atoms with Crippen LogP contribution in [0.3, 0.4) is 0 Å². The maximum Gasteiger partial charge on any atom is 0.435 e. The van der Waals surface area contributed by atoms with Crippen molar-refractivity contribution in [3.8, 4) is 23.0 Å². The second kappa shape index (κ2) is 14.2. The lowest BCUT2D eigenvalue weighted by Crippen LogP contribution is -2.35. The number of halogens is 9. The summed E-state index contributed by atoms with van der Waals surface area (Å²) in [4.78, 5) is 18.5. The number of fused-ring (bicyclic) bond motifs is 4. The number of pyridine rings is 1. The van der Waals surface area contributed by atoms with E-state index in [-0.39, 0.29) is 56.2 Å². The molecule has 0 radical (unpaired) electrons. The molecular weight excluding hydrogens is 826 g/mol. The predicted molar refractivity (Wildman–Crippen MR) is 194 cm³/mol. The highest BCUT2D eigenvalue weighted by atomic mass is 35.5. The van der Waals surface area contributed by atoms with Crippen LogP contribution in [0.2, 0.25) is 5.02 Å². The number of aromatic nitrogens is 5. The Morgan fingerprint density at radius 1 is 1.10 bits per heavy atom. The molecule has 0 aliphatic heterocycles. The van der Waals surface area contributed by atoms with E-state index in [9.17, 15) is 44.7 Å². The van der Waals surface area contributed by atoms with Crippen molar-refractivity contribution < 1.29 is 53.4 Å². The lowest BCUT2D eigenvalue weighted by molar-refractivity contribution is -0.142. The van der Waals surface area contributed by atoms with Crippen molar-refractivity contribution in [3.05, 3.63) is 93.0 Å². The number of rotatable bonds is 10. The standard InChI is InChI=1S/C37H30ClF8N7O4S/c1-35(55,16-39)9-8-20-4-5-21(22-6-7-25(38)29-31(22)52(2)50-34(29)51-58(3,56)57)30(47-20)26(12-17-10-18(40)13-19(41)11-17)48-27(54)15-53-33-28(32(49-53)37(44,45)46)23-14-24(23)36(33,42)43/h4-7,10-11,13,23-24,26,55H,12,14-16H2,1-3H3,(H,48,54)(H,50,51)/t23-,24?,26-,35?/m0/s1. The van der Waals surface area contributed by atoms with Crippen LogP contribution in [-0.4, -0.2) is 62.5 Å². The van der Waals surface area contributed by atoms with E-state index in [1.165, 1.54) is 36.0 Å². The third-order valence-electron chi connectivity index (χ3n) is 9.68. The predicted octanol–water partition coefficient (Wildman–Crippen LogP) is 6.53. The average Bonchev–Trinajstić information content (AvgIpc) is 3.65. The van der Waals surface area contributed by atoms with Crippen molar-refractivity contribution in [2.24, 2.45) is 13.0 Å². The normalized spacial score (nSPS) is 18.5. The van der Waals surface area contributed by atoms with E-state index >= 15 is 8.78 Å². The summed E-state index contributed by atoms with van der Waals surface area (Å²) in [6.45, 7) is -1.31. The Bertz CT molecular complexity index is 2670. The number of anilines is 1. The van der Waals surface area contributed by atoms with Crippen LogP contribution in [0.15, 0.2) is 42.5 Å². The number of nitrogens with zero attached hydrogens (tertiary/aromatic N) is 5. The van der Waals surface area contributed by atoms with Gasteiger partial charge in [-0.05, 0) is 67.5 Å². The molecule has 1 saturated carbocycles. The van der Waals surface area contributed by atoms with E-state index < -0.39 is 99.7 Å². The Hall–Kier alpha value is -5.26. The lowest BCUT2D eigenvalue weighted by atomic mass is 9.93. The highest BCUT2D eigenvalue weighted by Crippen LogP contribution is 2.68. The molecule has 0 bridgehead atoms. The first-order valence-corrected chi connectivity index (χ1v) is 19.5. The number of amides is 1. The summed E-state index contributed by atoms with van der Waals surface area (Å²) in [6, 6.07) is 6.69. The van der Waals surface area contributed by atoms with Crippen LogP contribution in [-0.2, 0) is 46.9 Å². The third kappa shape index (κ3) is 7.82. The smallest absolute Gasteiger partial charge is 0.375 e. The fourth-order valence-corrected chi connectivity index (χ4v) is 8.00. The fourth-order valence-electron chi connectivity index (χ4n) is 7.26. The SMILES string of the molecule is Cn1nc(NS(C)(=O)=O)c2c(Cl)ccc(-c3ccc(C#CC(C)(O)CF)nc3[C@H](Cc3cc(F)cc(F)c3)NC(=O)Cn3nc(C(F)(F)F)c4c3C(F)(F)C3C[C@H]43)c21. The van der Waals surface area contributed by atoms with Gasteiger partial charge in [-0.2, -0.15) is 32.1 Å². The van der Waals surface area contributed by atoms with Gasteiger partial charge in [-0.15, -0.1) is 0 Å². The van der Waals surface area contributed by atoms with Crippen molar-refractivity contribution in [2.45, 2.75) is 56.0 Å². The van der Waals surface area contributed by atoms with Gasteiger partial charge >= 0.3 is 6.18 Å². The van der Waals surface area contributed by atoms with Crippen LogP contribution >= 0.6 is 11.6 Å². The molecule has 21 heteroatoms. The summed E-state index contributed by atoms with van der Waals surface area (Å²) in [5.41, 5.74) is -5.04. The molecule has 5 aromatic rings. The molecule has 58 heavy (non-hydrogen) atoms. The lowest BCUT2D eigenvalue weighted by Gasteiger charge is -2.23. The van der Waals surface area contributed by atoms with Crippen LogP contribution in [0.25, 0.3) is 22.0 Å². The zero-order valence-electron chi connectivity index (χ0n) is 30.3. The second-order valence-electron chi connectivity index (χ2n) is 14.4. The van der Waals surface area contributed by atoms with Crippen LogP contribution in [0.1, 0.15) is 59.2 Å². The number of alkyl halides is 6. The Kier molecular flexibility index (Phi) is 10.0. The van der Waals surface area contributed by atoms with Gasteiger partial charge in [0.15, 0.2) is 17.1 Å². The second-order valence-corrected chi connectivity index (χ2v) is 16.5. The maximum absolute atomic E-state index is 15.4. The quantitative estimate of drug-likeness (QED) is 0.107. The highest BCUT2D eigenvalue weighted by molar-refractivity contribution is 7.92. The molecule has 0 spiro atoms. The Balaban J connectivity index is 1.40. The number of nitrogens with one attached hydrogen (secondary N) is 2. The first-order valence-electron chi connectivity index (χ1n) is 17.2. The van der Waals surface area contributed by atoms with Crippen molar-refractivity contribution >= 4 is 44.3 Å². The summed E-state index contributed by atoms with van der Waals surface area (Å²) in [7, 11) is -2.42. The average molecular weight is 856 g/mol. The minimum absolute atomic E-state index is 0.0558. The third-order valence-corrected chi connectivity index (χ3v) is 10.6. The van der Waals surface area contributed by atoms with Crippen molar-refractivity contribution in [1.29, 1.82) is 0 Å². The number of aliphatic hydroxyl groups is 1. The fraction of sp³-hybridized carbons (Fsp3) is 0.351. The van der Waals surface area contributed by atoms with Crippen LogP contribution < -0.4 is 10.0 Å². The van der Waals surface area contributed by atoms with Gasteiger partial charge < -0.3 is 10.4 Å². The molecule has 4 atom stereocenters. The zero-order chi connectivity index (χ0) is 42.3. The molecule has 1 amide bonds. The number of sulfonamides is 1. The maximum atomic E-state index is 15.4. The van der Waals surface area contributed by atoms with Gasteiger partial charge in [0.25, 0.3) is 5.92 Å².